The lowest BCUT2D eigenvalue weighted by Gasteiger charge is -2.38. The normalized spacial score (nSPS) is 15.6. The van der Waals surface area contributed by atoms with Crippen LogP contribution in [0.3, 0.4) is 0 Å². The Balaban J connectivity index is 2.09. The van der Waals surface area contributed by atoms with Crippen molar-refractivity contribution in [3.8, 4) is 0 Å². The van der Waals surface area contributed by atoms with Crippen LogP contribution in [-0.2, 0) is 11.3 Å². The molecule has 1 aromatic heterocycles. The second kappa shape index (κ2) is 6.12. The summed E-state index contributed by atoms with van der Waals surface area (Å²) in [5.74, 6) is 0. The summed E-state index contributed by atoms with van der Waals surface area (Å²) in [7, 11) is 0. The molecule has 2 rings (SSSR count). The van der Waals surface area contributed by atoms with Crippen molar-refractivity contribution >= 4 is 22.0 Å². The Kier molecular flexibility index (Phi) is 4.68. The van der Waals surface area contributed by atoms with Crippen LogP contribution in [-0.4, -0.2) is 27.6 Å². The van der Waals surface area contributed by atoms with E-state index >= 15 is 0 Å². The van der Waals surface area contributed by atoms with Gasteiger partial charge in [0.15, 0.2) is 0 Å². The third-order valence-electron chi connectivity index (χ3n) is 3.25. The van der Waals surface area contributed by atoms with Gasteiger partial charge < -0.3 is 4.74 Å². The number of ether oxygens (including phenoxy) is 1. The van der Waals surface area contributed by atoms with Gasteiger partial charge in [-0.1, -0.05) is 15.9 Å². The number of carbonyl (C=O) groups is 1. The van der Waals surface area contributed by atoms with Gasteiger partial charge >= 0.3 is 6.09 Å². The zero-order valence-corrected chi connectivity index (χ0v) is 13.8. The molecule has 0 N–H and O–H groups in total. The summed E-state index contributed by atoms with van der Waals surface area (Å²) >= 11 is 3.43. The highest BCUT2D eigenvalue weighted by molar-refractivity contribution is 9.10. The Hall–Kier alpha value is -1.10. The number of rotatable bonds is 3. The Morgan fingerprint density at radius 2 is 2.20 bits per heavy atom. The maximum Gasteiger partial charge on any atom is 0.410 e. The van der Waals surface area contributed by atoms with E-state index in [9.17, 15) is 4.79 Å². The molecule has 1 amide bonds. The minimum Gasteiger partial charge on any atom is -0.444 e. The predicted octanol–water partition coefficient (Wildman–Crippen LogP) is 4.13. The van der Waals surface area contributed by atoms with Crippen LogP contribution in [0.4, 0.5) is 4.79 Å². The van der Waals surface area contributed by atoms with Crippen LogP contribution >= 0.6 is 15.9 Å². The van der Waals surface area contributed by atoms with Crippen LogP contribution in [0.5, 0.6) is 0 Å². The van der Waals surface area contributed by atoms with Crippen molar-refractivity contribution < 1.29 is 9.53 Å². The predicted molar refractivity (Wildman–Crippen MR) is 81.4 cm³/mol. The van der Waals surface area contributed by atoms with Crippen LogP contribution in [0.25, 0.3) is 0 Å². The summed E-state index contributed by atoms with van der Waals surface area (Å²) < 4.78 is 6.48. The minimum absolute atomic E-state index is 0.246. The third-order valence-corrected chi connectivity index (χ3v) is 3.75. The summed E-state index contributed by atoms with van der Waals surface area (Å²) in [6.07, 6.45) is 4.77. The van der Waals surface area contributed by atoms with E-state index in [4.69, 9.17) is 4.74 Å². The van der Waals surface area contributed by atoms with Gasteiger partial charge in [0.2, 0.25) is 0 Å². The summed E-state index contributed by atoms with van der Waals surface area (Å²) in [5.41, 5.74) is 0.404. The van der Waals surface area contributed by atoms with Gasteiger partial charge in [0.1, 0.15) is 5.60 Å². The molecule has 20 heavy (non-hydrogen) atoms. The number of halogens is 1. The Bertz CT molecular complexity index is 481. The van der Waals surface area contributed by atoms with Crippen LogP contribution in [0.15, 0.2) is 22.8 Å². The van der Waals surface area contributed by atoms with Crippen molar-refractivity contribution in [3.63, 3.8) is 0 Å². The number of amides is 1. The van der Waals surface area contributed by atoms with Crippen LogP contribution in [0.2, 0.25) is 0 Å². The van der Waals surface area contributed by atoms with Crippen LogP contribution < -0.4 is 0 Å². The van der Waals surface area contributed by atoms with Gasteiger partial charge in [-0.2, -0.15) is 0 Å². The molecule has 0 aromatic carbocycles. The number of pyridine rings is 1. The standard InChI is InChI=1S/C15H21BrN2O2/c1-15(2,3)20-14(19)18(13-5-4-6-13)10-12-9-11(16)7-8-17-12/h7-9,13H,4-6,10H2,1-3H3. The van der Waals surface area contributed by atoms with E-state index in [-0.39, 0.29) is 12.1 Å². The van der Waals surface area contributed by atoms with Crippen LogP contribution in [0, 0.1) is 0 Å². The molecule has 0 aliphatic heterocycles. The molecular formula is C15H21BrN2O2. The van der Waals surface area contributed by atoms with Gasteiger partial charge in [0.05, 0.1) is 12.2 Å². The summed E-state index contributed by atoms with van der Waals surface area (Å²) in [4.78, 5) is 18.5. The van der Waals surface area contributed by atoms with Gasteiger partial charge in [-0.15, -0.1) is 0 Å². The molecule has 110 valence electrons. The molecule has 0 saturated heterocycles. The molecule has 1 heterocycles. The van der Waals surface area contributed by atoms with E-state index in [1.165, 1.54) is 6.42 Å². The van der Waals surface area contributed by atoms with Crippen molar-refractivity contribution in [2.75, 3.05) is 0 Å². The minimum atomic E-state index is -0.468. The molecule has 0 bridgehead atoms. The lowest BCUT2D eigenvalue weighted by atomic mass is 9.91. The van der Waals surface area contributed by atoms with E-state index in [0.717, 1.165) is 23.0 Å². The Morgan fingerprint density at radius 1 is 1.50 bits per heavy atom. The molecule has 0 unspecified atom stereocenters. The molecule has 1 aromatic rings. The van der Waals surface area contributed by atoms with E-state index in [1.54, 1.807) is 6.20 Å². The van der Waals surface area contributed by atoms with E-state index in [0.29, 0.717) is 6.54 Å². The molecule has 1 aliphatic rings. The van der Waals surface area contributed by atoms with Crippen LogP contribution in [0.1, 0.15) is 45.7 Å². The lowest BCUT2D eigenvalue weighted by molar-refractivity contribution is 0.00427. The van der Waals surface area contributed by atoms with E-state index < -0.39 is 5.60 Å². The number of nitrogens with zero attached hydrogens (tertiary/aromatic N) is 2. The van der Waals surface area contributed by atoms with E-state index in [2.05, 4.69) is 20.9 Å². The number of hydrogen-bond donors (Lipinski definition) is 0. The maximum atomic E-state index is 12.3. The summed E-state index contributed by atoms with van der Waals surface area (Å²) in [6.45, 7) is 6.17. The average molecular weight is 341 g/mol. The van der Waals surface area contributed by atoms with Gasteiger partial charge in [-0.05, 0) is 52.2 Å². The van der Waals surface area contributed by atoms with Gasteiger partial charge in [-0.25, -0.2) is 4.79 Å². The second-order valence-electron chi connectivity index (χ2n) is 6.16. The molecule has 1 aliphatic carbocycles. The molecule has 0 atom stereocenters. The summed E-state index contributed by atoms with van der Waals surface area (Å²) in [6, 6.07) is 4.10. The highest BCUT2D eigenvalue weighted by atomic mass is 79.9. The average Bonchev–Trinajstić information content (AvgIpc) is 2.23. The fourth-order valence-corrected chi connectivity index (χ4v) is 2.45. The van der Waals surface area contributed by atoms with Crippen molar-refractivity contribution in [1.29, 1.82) is 0 Å². The molecule has 5 heteroatoms. The van der Waals surface area contributed by atoms with Gasteiger partial charge in [0, 0.05) is 16.7 Å². The second-order valence-corrected chi connectivity index (χ2v) is 7.07. The first-order chi connectivity index (χ1) is 9.35. The van der Waals surface area contributed by atoms with E-state index in [1.807, 2.05) is 37.8 Å². The highest BCUT2D eigenvalue weighted by Crippen LogP contribution is 2.28. The van der Waals surface area contributed by atoms with Crippen molar-refractivity contribution in [1.82, 2.24) is 9.88 Å². The monoisotopic (exact) mass is 340 g/mol. The van der Waals surface area contributed by atoms with Crippen molar-refractivity contribution in [2.24, 2.45) is 0 Å². The first kappa shape index (κ1) is 15.3. The molecular weight excluding hydrogens is 320 g/mol. The van der Waals surface area contributed by atoms with Crippen molar-refractivity contribution in [2.45, 2.75) is 58.2 Å². The maximum absolute atomic E-state index is 12.3. The first-order valence-electron chi connectivity index (χ1n) is 6.95. The number of carbonyl (C=O) groups excluding carboxylic acids is 1. The van der Waals surface area contributed by atoms with Gasteiger partial charge in [0.25, 0.3) is 0 Å². The highest BCUT2D eigenvalue weighted by Gasteiger charge is 2.32. The molecule has 0 radical (unpaired) electrons. The zero-order valence-electron chi connectivity index (χ0n) is 12.2. The van der Waals surface area contributed by atoms with Crippen molar-refractivity contribution in [3.05, 3.63) is 28.5 Å². The fraction of sp³-hybridized carbons (Fsp3) is 0.600. The molecule has 1 fully saturated rings. The summed E-state index contributed by atoms with van der Waals surface area (Å²) in [5, 5.41) is 0. The quantitative estimate of drug-likeness (QED) is 0.830. The molecule has 0 spiro atoms. The topological polar surface area (TPSA) is 42.4 Å². The smallest absolute Gasteiger partial charge is 0.410 e. The first-order valence-corrected chi connectivity index (χ1v) is 7.74. The lowest BCUT2D eigenvalue weighted by Crippen LogP contribution is -2.46. The molecule has 4 nitrogen and oxygen atoms in total. The largest absolute Gasteiger partial charge is 0.444 e. The Morgan fingerprint density at radius 3 is 2.70 bits per heavy atom. The molecule has 1 saturated carbocycles. The zero-order chi connectivity index (χ0) is 14.8. The third kappa shape index (κ3) is 4.20. The number of hydrogen-bond acceptors (Lipinski definition) is 3. The SMILES string of the molecule is CC(C)(C)OC(=O)N(Cc1cc(Br)ccn1)C1CCC1. The fourth-order valence-electron chi connectivity index (χ4n) is 2.07. The Labute approximate surface area is 128 Å². The van der Waals surface area contributed by atoms with Gasteiger partial charge in [-0.3, -0.25) is 9.88 Å². The number of aromatic nitrogens is 1.